The topological polar surface area (TPSA) is 128 Å². The molecule has 0 aliphatic carbocycles. The minimum atomic E-state index is -1.85. The van der Waals surface area contributed by atoms with Crippen LogP contribution in [-0.4, -0.2) is 52.2 Å². The first-order valence-electron chi connectivity index (χ1n) is 12.8. The quantitative estimate of drug-likeness (QED) is 0.169. The highest BCUT2D eigenvalue weighted by Crippen LogP contribution is 2.41. The summed E-state index contributed by atoms with van der Waals surface area (Å²) in [5.41, 5.74) is 4.22. The van der Waals surface area contributed by atoms with Crippen LogP contribution >= 0.6 is 0 Å². The van der Waals surface area contributed by atoms with Crippen molar-refractivity contribution in [1.82, 2.24) is 10.6 Å². The number of carbonyl (C=O) groups excluding carboxylic acids is 3. The number of rotatable bonds is 11. The van der Waals surface area contributed by atoms with Crippen molar-refractivity contribution in [2.24, 2.45) is 0 Å². The minimum Gasteiger partial charge on any atom is -0.384 e. The Kier molecular flexibility index (Phi) is 7.82. The predicted octanol–water partition coefficient (Wildman–Crippen LogP) is 2.96. The molecule has 9 nitrogen and oxygen atoms in total. The number of hydrogen-bond acceptors (Lipinski definition) is 6. The van der Waals surface area contributed by atoms with E-state index in [2.05, 4.69) is 16.0 Å². The van der Waals surface area contributed by atoms with Gasteiger partial charge in [0.15, 0.2) is 11.1 Å². The summed E-state index contributed by atoms with van der Waals surface area (Å²) < 4.78 is 20.1. The fraction of sp³-hybridized carbons (Fsp3) is 0.321. The van der Waals surface area contributed by atoms with Gasteiger partial charge >= 0.3 is 0 Å². The molecule has 1 fully saturated rings. The summed E-state index contributed by atoms with van der Waals surface area (Å²) >= 11 is -1.85. The maximum absolute atomic E-state index is 13.3. The van der Waals surface area contributed by atoms with Gasteiger partial charge in [-0.1, -0.05) is 30.3 Å². The number of hydrogen-bond donors (Lipinski definition) is 4. The second-order valence-corrected chi connectivity index (χ2v) is 10.5. The molecule has 0 spiro atoms. The number of carbonyl (C=O) groups is 3. The summed E-state index contributed by atoms with van der Waals surface area (Å²) in [6.45, 7) is 2.33. The molecule has 2 unspecified atom stereocenters. The van der Waals surface area contributed by atoms with Crippen molar-refractivity contribution < 1.29 is 23.1 Å². The van der Waals surface area contributed by atoms with Crippen LogP contribution in [0.5, 0.6) is 0 Å². The molecular weight excluding hydrogens is 504 g/mol. The molecule has 3 amide bonds. The van der Waals surface area contributed by atoms with Crippen molar-refractivity contribution in [1.29, 1.82) is 0 Å². The molecule has 3 aromatic rings. The summed E-state index contributed by atoms with van der Waals surface area (Å²) in [7, 11) is 0. The van der Waals surface area contributed by atoms with Crippen LogP contribution in [0.15, 0.2) is 54.6 Å². The van der Waals surface area contributed by atoms with Crippen LogP contribution in [0.2, 0.25) is 0 Å². The van der Waals surface area contributed by atoms with Crippen LogP contribution in [0.25, 0.3) is 10.8 Å². The molecule has 2 aliphatic rings. The summed E-state index contributed by atoms with van der Waals surface area (Å²) in [5, 5.41) is 11.0. The molecule has 198 valence electrons. The van der Waals surface area contributed by atoms with Gasteiger partial charge in [-0.25, -0.2) is 4.21 Å². The van der Waals surface area contributed by atoms with Gasteiger partial charge < -0.3 is 15.2 Å². The number of amides is 3. The van der Waals surface area contributed by atoms with Gasteiger partial charge in [-0.05, 0) is 66.6 Å². The molecule has 10 heteroatoms. The standard InChI is InChI=1S/C28H30N4O5S/c33-25-12-11-24(27(34)31-25)32-23-10-9-19(21-7-2-8-22(26(21)23)28(32)35)5-3-13-29-14-15-30-20-6-1-4-18(16-20)17-38(36)37/h1-2,4,6-10,16,24,29-30H,3,5,11-15,17H2,(H,36,37)(H,31,33,34). The van der Waals surface area contributed by atoms with Crippen molar-refractivity contribution in [2.75, 3.05) is 29.9 Å². The Bertz CT molecular complexity index is 1430. The van der Waals surface area contributed by atoms with E-state index in [0.717, 1.165) is 65.8 Å². The Morgan fingerprint density at radius 1 is 1.03 bits per heavy atom. The van der Waals surface area contributed by atoms with E-state index in [1.165, 1.54) is 0 Å². The Labute approximate surface area is 223 Å². The lowest BCUT2D eigenvalue weighted by Crippen LogP contribution is -2.53. The van der Waals surface area contributed by atoms with Gasteiger partial charge in [0.25, 0.3) is 5.91 Å². The van der Waals surface area contributed by atoms with Crippen molar-refractivity contribution in [3.05, 3.63) is 71.3 Å². The highest BCUT2D eigenvalue weighted by molar-refractivity contribution is 7.78. The van der Waals surface area contributed by atoms with Crippen LogP contribution in [0.1, 0.15) is 40.7 Å². The third-order valence-corrected chi connectivity index (χ3v) is 7.57. The Morgan fingerprint density at radius 2 is 1.87 bits per heavy atom. The largest absolute Gasteiger partial charge is 0.384 e. The van der Waals surface area contributed by atoms with Gasteiger partial charge in [-0.2, -0.15) is 0 Å². The van der Waals surface area contributed by atoms with Crippen molar-refractivity contribution >= 4 is 50.9 Å². The van der Waals surface area contributed by atoms with Crippen molar-refractivity contribution in [3.63, 3.8) is 0 Å². The SMILES string of the molecule is O=C1CCC(N2C(=O)c3cccc4c(CCCNCCNc5cccc(CS(=O)O)c5)ccc2c34)C(=O)N1. The minimum absolute atomic E-state index is 0.119. The van der Waals surface area contributed by atoms with E-state index >= 15 is 0 Å². The second kappa shape index (κ2) is 11.4. The van der Waals surface area contributed by atoms with Crippen LogP contribution in [0.4, 0.5) is 11.4 Å². The number of benzene rings is 3. The summed E-state index contributed by atoms with van der Waals surface area (Å²) in [6, 6.07) is 16.5. The van der Waals surface area contributed by atoms with Crippen LogP contribution < -0.4 is 20.9 Å². The maximum Gasteiger partial charge on any atom is 0.259 e. The second-order valence-electron chi connectivity index (χ2n) is 9.56. The number of nitrogens with one attached hydrogen (secondary N) is 3. The maximum atomic E-state index is 13.3. The average Bonchev–Trinajstić information content (AvgIpc) is 3.17. The van der Waals surface area contributed by atoms with Gasteiger partial charge in [-0.15, -0.1) is 0 Å². The zero-order valence-corrected chi connectivity index (χ0v) is 21.7. The van der Waals surface area contributed by atoms with Gasteiger partial charge in [-0.3, -0.25) is 24.6 Å². The molecule has 2 heterocycles. The third kappa shape index (κ3) is 5.47. The van der Waals surface area contributed by atoms with Gasteiger partial charge in [0.2, 0.25) is 11.8 Å². The highest BCUT2D eigenvalue weighted by Gasteiger charge is 2.40. The fourth-order valence-electron chi connectivity index (χ4n) is 5.26. The molecule has 0 aromatic heterocycles. The van der Waals surface area contributed by atoms with E-state index in [9.17, 15) is 18.6 Å². The van der Waals surface area contributed by atoms with Crippen molar-refractivity contribution in [2.45, 2.75) is 37.5 Å². The first-order valence-corrected chi connectivity index (χ1v) is 14.0. The van der Waals surface area contributed by atoms with Crippen LogP contribution in [0.3, 0.4) is 0 Å². The number of imide groups is 1. The zero-order valence-electron chi connectivity index (χ0n) is 20.9. The third-order valence-electron chi connectivity index (χ3n) is 6.99. The lowest BCUT2D eigenvalue weighted by atomic mass is 9.97. The van der Waals surface area contributed by atoms with E-state index in [-0.39, 0.29) is 24.0 Å². The lowest BCUT2D eigenvalue weighted by Gasteiger charge is -2.30. The molecule has 38 heavy (non-hydrogen) atoms. The molecular formula is C28H30N4O5S. The molecule has 4 N–H and O–H groups in total. The van der Waals surface area contributed by atoms with E-state index < -0.39 is 23.0 Å². The highest BCUT2D eigenvalue weighted by atomic mass is 32.2. The Balaban J connectivity index is 1.16. The zero-order chi connectivity index (χ0) is 26.6. The first kappa shape index (κ1) is 26.0. The number of anilines is 2. The summed E-state index contributed by atoms with van der Waals surface area (Å²) in [4.78, 5) is 38.9. The molecule has 0 radical (unpaired) electrons. The summed E-state index contributed by atoms with van der Waals surface area (Å²) in [6.07, 6.45) is 2.30. The lowest BCUT2D eigenvalue weighted by molar-refractivity contribution is -0.134. The van der Waals surface area contributed by atoms with E-state index in [0.29, 0.717) is 12.0 Å². The van der Waals surface area contributed by atoms with Crippen LogP contribution in [-0.2, 0) is 32.8 Å². The molecule has 3 aromatic carbocycles. The average molecular weight is 535 g/mol. The molecule has 0 bridgehead atoms. The number of nitrogens with zero attached hydrogens (tertiary/aromatic N) is 1. The molecule has 2 aliphatic heterocycles. The van der Waals surface area contributed by atoms with Gasteiger partial charge in [0.1, 0.15) is 6.04 Å². The molecule has 2 atom stereocenters. The monoisotopic (exact) mass is 534 g/mol. The van der Waals surface area contributed by atoms with Crippen LogP contribution in [0, 0.1) is 0 Å². The molecule has 0 saturated carbocycles. The van der Waals surface area contributed by atoms with Gasteiger partial charge in [0, 0.05) is 36.1 Å². The smallest absolute Gasteiger partial charge is 0.259 e. The molecule has 1 saturated heterocycles. The first-order chi connectivity index (χ1) is 18.4. The van der Waals surface area contributed by atoms with Gasteiger partial charge in [0.05, 0.1) is 11.4 Å². The molecule has 5 rings (SSSR count). The van der Waals surface area contributed by atoms with Crippen molar-refractivity contribution in [3.8, 4) is 0 Å². The van der Waals surface area contributed by atoms with E-state index in [1.54, 1.807) is 11.0 Å². The fourth-order valence-corrected chi connectivity index (χ4v) is 5.72. The summed E-state index contributed by atoms with van der Waals surface area (Å²) in [5.74, 6) is -0.795. The Hall–Kier alpha value is -3.60. The normalized spacial score (nSPS) is 17.7. The van der Waals surface area contributed by atoms with E-state index in [1.807, 2.05) is 48.5 Å². The van der Waals surface area contributed by atoms with E-state index in [4.69, 9.17) is 4.55 Å². The predicted molar refractivity (Wildman–Crippen MR) is 148 cm³/mol. The Morgan fingerprint density at radius 3 is 2.68 bits per heavy atom. The number of aryl methyl sites for hydroxylation is 1. The number of piperidine rings is 1.